The first kappa shape index (κ1) is 13.7. The molecule has 0 fully saturated rings. The lowest BCUT2D eigenvalue weighted by atomic mass is 9.74. The van der Waals surface area contributed by atoms with E-state index in [0.29, 0.717) is 0 Å². The number of hydrogen-bond acceptors (Lipinski definition) is 2. The maximum atomic E-state index is 12.4. The first-order valence-corrected chi connectivity index (χ1v) is 4.10. The molecule has 4 nitrogen and oxygen atoms in total. The number of alkyl halides is 3. The molecular weight excluding hydrogens is 217 g/mol. The van der Waals surface area contributed by atoms with E-state index >= 15 is 0 Å². The number of carbonyl (C=O) groups is 2. The van der Waals surface area contributed by atoms with Crippen LogP contribution in [0.5, 0.6) is 0 Å². The predicted octanol–water partition coefficient (Wildman–Crippen LogP) is 1.75. The topological polar surface area (TPSA) is 74.6 Å². The van der Waals surface area contributed by atoms with Crippen molar-refractivity contribution >= 4 is 11.9 Å². The Bertz CT molecular complexity index is 274. The largest absolute Gasteiger partial charge is 0.481 e. The Kier molecular flexibility index (Phi) is 3.73. The summed E-state index contributed by atoms with van der Waals surface area (Å²) < 4.78 is 37.1. The maximum absolute atomic E-state index is 12.4. The quantitative estimate of drug-likeness (QED) is 0.768. The molecule has 0 saturated carbocycles. The minimum absolute atomic E-state index is 0.418. The highest BCUT2D eigenvalue weighted by atomic mass is 19.4. The van der Waals surface area contributed by atoms with Crippen LogP contribution < -0.4 is 0 Å². The van der Waals surface area contributed by atoms with E-state index in [9.17, 15) is 22.8 Å². The van der Waals surface area contributed by atoms with E-state index in [-0.39, 0.29) is 0 Å². The summed E-state index contributed by atoms with van der Waals surface area (Å²) in [5.74, 6) is -6.84. The van der Waals surface area contributed by atoms with Crippen molar-refractivity contribution in [3.05, 3.63) is 0 Å². The van der Waals surface area contributed by atoms with E-state index in [1.165, 1.54) is 6.92 Å². The summed E-state index contributed by atoms with van der Waals surface area (Å²) in [4.78, 5) is 21.2. The van der Waals surface area contributed by atoms with Gasteiger partial charge in [0.15, 0.2) is 5.92 Å². The van der Waals surface area contributed by atoms with E-state index in [1.54, 1.807) is 0 Å². The van der Waals surface area contributed by atoms with Crippen molar-refractivity contribution in [3.63, 3.8) is 0 Å². The van der Waals surface area contributed by atoms with Gasteiger partial charge in [0, 0.05) is 0 Å². The van der Waals surface area contributed by atoms with Gasteiger partial charge in [0.05, 0.1) is 5.41 Å². The van der Waals surface area contributed by atoms with Gasteiger partial charge in [-0.3, -0.25) is 9.59 Å². The van der Waals surface area contributed by atoms with E-state index < -0.39 is 35.9 Å². The highest BCUT2D eigenvalue weighted by molar-refractivity contribution is 5.83. The van der Waals surface area contributed by atoms with E-state index in [4.69, 9.17) is 10.2 Å². The molecule has 0 rings (SSSR count). The molecule has 0 bridgehead atoms. The van der Waals surface area contributed by atoms with Gasteiger partial charge in [-0.05, 0) is 13.3 Å². The fraction of sp³-hybridized carbons (Fsp3) is 0.750. The van der Waals surface area contributed by atoms with E-state index in [0.717, 1.165) is 6.92 Å². The van der Waals surface area contributed by atoms with Crippen LogP contribution in [0.15, 0.2) is 0 Å². The van der Waals surface area contributed by atoms with E-state index in [2.05, 4.69) is 0 Å². The standard InChI is InChI=1S/C8H11F3O4/c1-3-7(2,6(14)15)4(5(12)13)8(9,10)11/h4H,3H2,1-2H3,(H,12,13)(H,14,15). The zero-order chi connectivity index (χ0) is 12.4. The van der Waals surface area contributed by atoms with Crippen LogP contribution in [0.2, 0.25) is 0 Å². The zero-order valence-electron chi connectivity index (χ0n) is 8.13. The molecule has 0 saturated heterocycles. The van der Waals surface area contributed by atoms with Crippen LogP contribution in [0.4, 0.5) is 13.2 Å². The Balaban J connectivity index is 5.42. The van der Waals surface area contributed by atoms with Gasteiger partial charge in [0.25, 0.3) is 0 Å². The van der Waals surface area contributed by atoms with Crippen LogP contribution in [0.25, 0.3) is 0 Å². The Morgan fingerprint density at radius 3 is 1.73 bits per heavy atom. The molecule has 88 valence electrons. The number of carboxylic acids is 2. The summed E-state index contributed by atoms with van der Waals surface area (Å²) >= 11 is 0. The van der Waals surface area contributed by atoms with Crippen molar-refractivity contribution in [2.45, 2.75) is 26.4 Å². The Hall–Kier alpha value is -1.27. The lowest BCUT2D eigenvalue weighted by Gasteiger charge is -2.31. The maximum Gasteiger partial charge on any atom is 0.403 e. The molecule has 15 heavy (non-hydrogen) atoms. The van der Waals surface area contributed by atoms with Crippen LogP contribution in [0.3, 0.4) is 0 Å². The highest BCUT2D eigenvalue weighted by Crippen LogP contribution is 2.42. The normalized spacial score (nSPS) is 17.9. The molecule has 0 aromatic rings. The first-order chi connectivity index (χ1) is 6.57. The Morgan fingerprint density at radius 2 is 1.67 bits per heavy atom. The number of carboxylic acid groups (broad SMARTS) is 2. The predicted molar refractivity (Wildman–Crippen MR) is 43.2 cm³/mol. The number of hydrogen-bond donors (Lipinski definition) is 2. The molecule has 0 aliphatic rings. The molecule has 2 N–H and O–H groups in total. The third-order valence-electron chi connectivity index (χ3n) is 2.43. The monoisotopic (exact) mass is 228 g/mol. The average Bonchev–Trinajstić information content (AvgIpc) is 2.00. The van der Waals surface area contributed by atoms with Gasteiger partial charge in [0.1, 0.15) is 0 Å². The van der Waals surface area contributed by atoms with Crippen molar-refractivity contribution in [2.75, 3.05) is 0 Å². The summed E-state index contributed by atoms with van der Waals surface area (Å²) in [6.45, 7) is 1.98. The number of rotatable bonds is 4. The minimum Gasteiger partial charge on any atom is -0.481 e. The summed E-state index contributed by atoms with van der Waals surface area (Å²) in [5, 5.41) is 17.1. The third-order valence-corrected chi connectivity index (χ3v) is 2.43. The van der Waals surface area contributed by atoms with Crippen LogP contribution >= 0.6 is 0 Å². The average molecular weight is 228 g/mol. The van der Waals surface area contributed by atoms with Gasteiger partial charge in [-0.15, -0.1) is 0 Å². The molecule has 2 unspecified atom stereocenters. The van der Waals surface area contributed by atoms with Gasteiger partial charge in [-0.25, -0.2) is 0 Å². The van der Waals surface area contributed by atoms with Crippen LogP contribution in [-0.4, -0.2) is 28.3 Å². The van der Waals surface area contributed by atoms with Crippen molar-refractivity contribution in [1.82, 2.24) is 0 Å². The summed E-state index contributed by atoms with van der Waals surface area (Å²) in [7, 11) is 0. The van der Waals surface area contributed by atoms with Gasteiger partial charge < -0.3 is 10.2 Å². The van der Waals surface area contributed by atoms with Crippen LogP contribution in [0.1, 0.15) is 20.3 Å². The SMILES string of the molecule is CCC(C)(C(=O)O)C(C(=O)O)C(F)(F)F. The van der Waals surface area contributed by atoms with Crippen molar-refractivity contribution in [1.29, 1.82) is 0 Å². The molecule has 0 aliphatic heterocycles. The number of aliphatic carboxylic acids is 2. The van der Waals surface area contributed by atoms with Crippen molar-refractivity contribution < 1.29 is 33.0 Å². The summed E-state index contributed by atoms with van der Waals surface area (Å²) in [6.07, 6.45) is -5.49. The number of halogens is 3. The van der Waals surface area contributed by atoms with Crippen LogP contribution in [0, 0.1) is 11.3 Å². The fourth-order valence-electron chi connectivity index (χ4n) is 1.25. The van der Waals surface area contributed by atoms with Crippen molar-refractivity contribution in [2.24, 2.45) is 11.3 Å². The molecular formula is C8H11F3O4. The first-order valence-electron chi connectivity index (χ1n) is 4.10. The highest BCUT2D eigenvalue weighted by Gasteiger charge is 2.58. The molecule has 2 atom stereocenters. The molecule has 0 spiro atoms. The fourth-order valence-corrected chi connectivity index (χ4v) is 1.25. The molecule has 0 amide bonds. The van der Waals surface area contributed by atoms with Gasteiger partial charge in [-0.2, -0.15) is 13.2 Å². The Morgan fingerprint density at radius 1 is 1.27 bits per heavy atom. The molecule has 0 aromatic carbocycles. The lowest BCUT2D eigenvalue weighted by molar-refractivity contribution is -0.221. The molecule has 0 aromatic heterocycles. The third kappa shape index (κ3) is 2.60. The van der Waals surface area contributed by atoms with Gasteiger partial charge >= 0.3 is 18.1 Å². The van der Waals surface area contributed by atoms with Gasteiger partial charge in [0.2, 0.25) is 0 Å². The minimum atomic E-state index is -5.07. The second-order valence-corrected chi connectivity index (χ2v) is 3.39. The molecule has 0 heterocycles. The van der Waals surface area contributed by atoms with Crippen molar-refractivity contribution in [3.8, 4) is 0 Å². The summed E-state index contributed by atoms with van der Waals surface area (Å²) in [6, 6.07) is 0. The van der Waals surface area contributed by atoms with Gasteiger partial charge in [-0.1, -0.05) is 6.92 Å². The molecule has 0 aliphatic carbocycles. The smallest absolute Gasteiger partial charge is 0.403 e. The zero-order valence-corrected chi connectivity index (χ0v) is 8.13. The van der Waals surface area contributed by atoms with E-state index in [1.807, 2.05) is 0 Å². The molecule has 7 heteroatoms. The molecule has 0 radical (unpaired) electrons. The second-order valence-electron chi connectivity index (χ2n) is 3.39. The lowest BCUT2D eigenvalue weighted by Crippen LogP contribution is -2.47. The second kappa shape index (κ2) is 4.08. The summed E-state index contributed by atoms with van der Waals surface area (Å²) in [5.41, 5.74) is -2.34. The van der Waals surface area contributed by atoms with Crippen LogP contribution in [-0.2, 0) is 9.59 Å². The Labute approximate surface area is 83.7 Å².